The van der Waals surface area contributed by atoms with Crippen molar-refractivity contribution in [2.24, 2.45) is 0 Å². The highest BCUT2D eigenvalue weighted by Gasteiger charge is 2.36. The van der Waals surface area contributed by atoms with Crippen LogP contribution in [0.5, 0.6) is 0 Å². The molecule has 0 heterocycles. The van der Waals surface area contributed by atoms with E-state index in [1.165, 1.54) is 24.3 Å². The third kappa shape index (κ3) is 2.44. The summed E-state index contributed by atoms with van der Waals surface area (Å²) in [4.78, 5) is 11.3. The van der Waals surface area contributed by atoms with Crippen LogP contribution in [0.4, 0.5) is 18.9 Å². The summed E-state index contributed by atoms with van der Waals surface area (Å²) in [6.07, 6.45) is -4.54. The SMILES string of the molecule is COC(=O)c1ccccc1N(C)C(F)(F)F. The number of anilines is 1. The molecule has 16 heavy (non-hydrogen) atoms. The highest BCUT2D eigenvalue weighted by Crippen LogP contribution is 2.29. The normalized spacial score (nSPS) is 11.1. The lowest BCUT2D eigenvalue weighted by Gasteiger charge is -2.23. The summed E-state index contributed by atoms with van der Waals surface area (Å²) in [5.74, 6) is -0.799. The first kappa shape index (κ1) is 12.4. The maximum Gasteiger partial charge on any atom is 0.484 e. The van der Waals surface area contributed by atoms with E-state index in [4.69, 9.17) is 0 Å². The fourth-order valence-electron chi connectivity index (χ4n) is 1.19. The first-order valence-corrected chi connectivity index (χ1v) is 4.36. The van der Waals surface area contributed by atoms with E-state index >= 15 is 0 Å². The molecular weight excluding hydrogens is 223 g/mol. The van der Waals surface area contributed by atoms with Crippen molar-refractivity contribution in [3.8, 4) is 0 Å². The van der Waals surface area contributed by atoms with Crippen LogP contribution in [0.25, 0.3) is 0 Å². The molecule has 0 atom stereocenters. The standard InChI is InChI=1S/C10H10F3NO2/c1-14(10(11,12)13)8-6-4-3-5-7(8)9(15)16-2/h3-6H,1-2H3. The number of carbonyl (C=O) groups excluding carboxylic acids is 1. The quantitative estimate of drug-likeness (QED) is 0.580. The Kier molecular flexibility index (Phi) is 3.41. The van der Waals surface area contributed by atoms with E-state index in [-0.39, 0.29) is 16.2 Å². The second-order valence-electron chi connectivity index (χ2n) is 3.04. The Morgan fingerprint density at radius 3 is 2.38 bits per heavy atom. The number of methoxy groups -OCH3 is 1. The largest absolute Gasteiger partial charge is 0.484 e. The molecule has 0 fully saturated rings. The average molecular weight is 233 g/mol. The van der Waals surface area contributed by atoms with E-state index in [1.807, 2.05) is 0 Å². The Hall–Kier alpha value is -1.72. The molecule has 88 valence electrons. The molecule has 0 aliphatic rings. The van der Waals surface area contributed by atoms with E-state index in [2.05, 4.69) is 4.74 Å². The Balaban J connectivity index is 3.18. The third-order valence-electron chi connectivity index (χ3n) is 2.05. The van der Waals surface area contributed by atoms with E-state index in [9.17, 15) is 18.0 Å². The van der Waals surface area contributed by atoms with Crippen molar-refractivity contribution in [2.45, 2.75) is 6.30 Å². The lowest BCUT2D eigenvalue weighted by atomic mass is 10.1. The second-order valence-corrected chi connectivity index (χ2v) is 3.04. The molecule has 6 heteroatoms. The number of esters is 1. The number of alkyl halides is 3. The monoisotopic (exact) mass is 233 g/mol. The molecule has 0 bridgehead atoms. The van der Waals surface area contributed by atoms with Crippen LogP contribution in [0.1, 0.15) is 10.4 Å². The Labute approximate surface area is 90.4 Å². The minimum atomic E-state index is -4.54. The molecule has 3 nitrogen and oxygen atoms in total. The fraction of sp³-hybridized carbons (Fsp3) is 0.300. The maximum atomic E-state index is 12.5. The van der Waals surface area contributed by atoms with Gasteiger partial charge in [-0.2, -0.15) is 13.2 Å². The number of rotatable bonds is 2. The molecule has 1 rings (SSSR count). The lowest BCUT2D eigenvalue weighted by molar-refractivity contribution is -0.125. The predicted molar refractivity (Wildman–Crippen MR) is 52.2 cm³/mol. The summed E-state index contributed by atoms with van der Waals surface area (Å²) in [7, 11) is 1.97. The molecule has 0 saturated carbocycles. The van der Waals surface area contributed by atoms with Gasteiger partial charge >= 0.3 is 12.3 Å². The van der Waals surface area contributed by atoms with Crippen molar-refractivity contribution >= 4 is 11.7 Å². The summed E-state index contributed by atoms with van der Waals surface area (Å²) < 4.78 is 41.8. The zero-order chi connectivity index (χ0) is 12.3. The summed E-state index contributed by atoms with van der Waals surface area (Å²) in [6, 6.07) is 5.38. The molecule has 0 aliphatic carbocycles. The van der Waals surface area contributed by atoms with Gasteiger partial charge in [-0.1, -0.05) is 12.1 Å². The van der Waals surface area contributed by atoms with Crippen molar-refractivity contribution < 1.29 is 22.7 Å². The minimum absolute atomic E-state index is 0.0687. The van der Waals surface area contributed by atoms with Gasteiger partial charge in [0.15, 0.2) is 0 Å². The minimum Gasteiger partial charge on any atom is -0.465 e. The van der Waals surface area contributed by atoms with Gasteiger partial charge in [-0.15, -0.1) is 0 Å². The van der Waals surface area contributed by atoms with Gasteiger partial charge in [0.05, 0.1) is 18.4 Å². The van der Waals surface area contributed by atoms with Gasteiger partial charge in [0, 0.05) is 7.05 Å². The van der Waals surface area contributed by atoms with Gasteiger partial charge in [-0.25, -0.2) is 4.79 Å². The fourth-order valence-corrected chi connectivity index (χ4v) is 1.19. The number of halogens is 3. The zero-order valence-electron chi connectivity index (χ0n) is 8.71. The molecule has 0 saturated heterocycles. The second kappa shape index (κ2) is 4.42. The van der Waals surface area contributed by atoms with Gasteiger partial charge in [-0.3, -0.25) is 4.90 Å². The first-order chi connectivity index (χ1) is 7.38. The van der Waals surface area contributed by atoms with Crippen LogP contribution in [0, 0.1) is 0 Å². The van der Waals surface area contributed by atoms with E-state index in [0.717, 1.165) is 14.2 Å². The Bertz CT molecular complexity index is 390. The van der Waals surface area contributed by atoms with Crippen molar-refractivity contribution in [1.82, 2.24) is 0 Å². The summed E-state index contributed by atoms with van der Waals surface area (Å²) >= 11 is 0. The lowest BCUT2D eigenvalue weighted by Crippen LogP contribution is -2.35. The van der Waals surface area contributed by atoms with Crippen molar-refractivity contribution in [2.75, 3.05) is 19.1 Å². The molecular formula is C10H10F3NO2. The van der Waals surface area contributed by atoms with Crippen molar-refractivity contribution in [1.29, 1.82) is 0 Å². The van der Waals surface area contributed by atoms with Crippen molar-refractivity contribution in [3.05, 3.63) is 29.8 Å². The summed E-state index contributed by atoms with van der Waals surface area (Å²) in [5, 5.41) is 0. The van der Waals surface area contributed by atoms with Crippen LogP contribution < -0.4 is 4.90 Å². The molecule has 1 aromatic carbocycles. The topological polar surface area (TPSA) is 29.5 Å². The van der Waals surface area contributed by atoms with Crippen molar-refractivity contribution in [3.63, 3.8) is 0 Å². The molecule has 0 spiro atoms. The number of para-hydroxylation sites is 1. The molecule has 1 aromatic rings. The van der Waals surface area contributed by atoms with Gasteiger partial charge in [0.25, 0.3) is 0 Å². The molecule has 0 aliphatic heterocycles. The Morgan fingerprint density at radius 1 is 1.31 bits per heavy atom. The van der Waals surface area contributed by atoms with Gasteiger partial charge in [0.2, 0.25) is 0 Å². The van der Waals surface area contributed by atoms with Crippen LogP contribution in [-0.4, -0.2) is 26.4 Å². The maximum absolute atomic E-state index is 12.5. The third-order valence-corrected chi connectivity index (χ3v) is 2.05. The number of carbonyl (C=O) groups is 1. The number of nitrogens with zero attached hydrogens (tertiary/aromatic N) is 1. The van der Waals surface area contributed by atoms with E-state index in [1.54, 1.807) is 0 Å². The van der Waals surface area contributed by atoms with Crippen LogP contribution in [-0.2, 0) is 4.74 Å². The number of benzene rings is 1. The summed E-state index contributed by atoms with van der Waals surface area (Å²) in [6.45, 7) is 0. The van der Waals surface area contributed by atoms with Crippen LogP contribution in [0.2, 0.25) is 0 Å². The average Bonchev–Trinajstić information content (AvgIpc) is 2.25. The van der Waals surface area contributed by atoms with Crippen LogP contribution >= 0.6 is 0 Å². The van der Waals surface area contributed by atoms with Crippen LogP contribution in [0.3, 0.4) is 0 Å². The first-order valence-electron chi connectivity index (χ1n) is 4.36. The van der Waals surface area contributed by atoms with Gasteiger partial charge in [-0.05, 0) is 12.1 Å². The highest BCUT2D eigenvalue weighted by atomic mass is 19.4. The smallest absolute Gasteiger partial charge is 0.465 e. The predicted octanol–water partition coefficient (Wildman–Crippen LogP) is 2.43. The highest BCUT2D eigenvalue weighted by molar-refractivity contribution is 5.95. The Morgan fingerprint density at radius 2 is 1.88 bits per heavy atom. The van der Waals surface area contributed by atoms with E-state index < -0.39 is 12.3 Å². The number of hydrogen-bond acceptors (Lipinski definition) is 3. The molecule has 0 N–H and O–H groups in total. The van der Waals surface area contributed by atoms with Crippen LogP contribution in [0.15, 0.2) is 24.3 Å². The van der Waals surface area contributed by atoms with Gasteiger partial charge < -0.3 is 4.74 Å². The van der Waals surface area contributed by atoms with Gasteiger partial charge in [0.1, 0.15) is 0 Å². The van der Waals surface area contributed by atoms with E-state index in [0.29, 0.717) is 0 Å². The molecule has 0 unspecified atom stereocenters. The molecule has 0 aromatic heterocycles. The molecule has 0 amide bonds. The zero-order valence-corrected chi connectivity index (χ0v) is 8.71. The molecule has 0 radical (unpaired) electrons. The number of ether oxygens (including phenoxy) is 1. The number of hydrogen-bond donors (Lipinski definition) is 0. The summed E-state index contributed by atoms with van der Waals surface area (Å²) in [5.41, 5.74) is -0.355.